The zero-order valence-corrected chi connectivity index (χ0v) is 13.9. The highest BCUT2D eigenvalue weighted by Crippen LogP contribution is 2.39. The third kappa shape index (κ3) is 5.37. The summed E-state index contributed by atoms with van der Waals surface area (Å²) < 4.78 is 103. The van der Waals surface area contributed by atoms with Crippen LogP contribution >= 0.6 is 0 Å². The number of halogens is 5. The van der Waals surface area contributed by atoms with E-state index < -0.39 is 51.6 Å². The lowest BCUT2D eigenvalue weighted by Gasteiger charge is -2.30. The van der Waals surface area contributed by atoms with Gasteiger partial charge >= 0.3 is 33.5 Å². The van der Waals surface area contributed by atoms with E-state index >= 15 is 0 Å². The first-order valence-electron chi connectivity index (χ1n) is 7.15. The smallest absolute Gasteiger partial charge is 0.432 e. The molecule has 0 aromatic heterocycles. The maximum Gasteiger partial charge on any atom is 0.432 e. The lowest BCUT2D eigenvalue weighted by atomic mass is 9.87. The van der Waals surface area contributed by atoms with E-state index in [9.17, 15) is 40.0 Å². The number of carbonyl (C=O) groups excluding carboxylic acids is 2. The molecular weight excluding hydrogens is 395 g/mol. The van der Waals surface area contributed by atoms with Crippen LogP contribution in [0.15, 0.2) is 12.7 Å². The monoisotopic (exact) mass is 410 g/mol. The molecule has 150 valence electrons. The number of hydrogen-bond donors (Lipinski definition) is 1. The zero-order chi connectivity index (χ0) is 20.3. The molecule has 0 aromatic rings. The average Bonchev–Trinajstić information content (AvgIpc) is 2.50. The molecule has 7 nitrogen and oxygen atoms in total. The molecule has 26 heavy (non-hydrogen) atoms. The van der Waals surface area contributed by atoms with Gasteiger partial charge in [0.25, 0.3) is 6.10 Å². The lowest BCUT2D eigenvalue weighted by molar-refractivity contribution is -0.261. The minimum atomic E-state index is -6.48. The van der Waals surface area contributed by atoms with Crippen molar-refractivity contribution in [3.63, 3.8) is 0 Å². The molecule has 0 saturated heterocycles. The third-order valence-electron chi connectivity index (χ3n) is 3.64. The van der Waals surface area contributed by atoms with Crippen molar-refractivity contribution in [3.05, 3.63) is 12.7 Å². The molecule has 1 aliphatic rings. The summed E-state index contributed by atoms with van der Waals surface area (Å²) in [6.07, 6.45) is -10.2. The van der Waals surface area contributed by atoms with Crippen LogP contribution in [-0.2, 0) is 29.2 Å². The zero-order valence-electron chi connectivity index (χ0n) is 13.0. The molecule has 0 aliphatic heterocycles. The topological polar surface area (TPSA) is 107 Å². The minimum Gasteiger partial charge on any atom is -0.459 e. The maximum atomic E-state index is 13.4. The predicted molar refractivity (Wildman–Crippen MR) is 74.5 cm³/mol. The van der Waals surface area contributed by atoms with Gasteiger partial charge < -0.3 is 9.47 Å². The Morgan fingerprint density at radius 2 is 1.62 bits per heavy atom. The Morgan fingerprint density at radius 1 is 1.12 bits per heavy atom. The number of rotatable bonds is 6. The number of hydrogen-bond acceptors (Lipinski definition) is 6. The van der Waals surface area contributed by atoms with Crippen LogP contribution in [0.2, 0.25) is 0 Å². The molecule has 0 amide bonds. The number of carbonyl (C=O) groups is 2. The van der Waals surface area contributed by atoms with Crippen molar-refractivity contribution in [2.45, 2.75) is 49.3 Å². The van der Waals surface area contributed by atoms with Gasteiger partial charge in [-0.2, -0.15) is 30.4 Å². The van der Waals surface area contributed by atoms with Gasteiger partial charge in [0, 0.05) is 6.08 Å². The van der Waals surface area contributed by atoms with Crippen LogP contribution in [0.3, 0.4) is 0 Å². The molecule has 1 rings (SSSR count). The first-order valence-corrected chi connectivity index (χ1v) is 8.59. The molecule has 1 fully saturated rings. The van der Waals surface area contributed by atoms with Gasteiger partial charge in [-0.05, 0) is 25.7 Å². The van der Waals surface area contributed by atoms with Gasteiger partial charge in [0.15, 0.2) is 0 Å². The van der Waals surface area contributed by atoms with Crippen LogP contribution in [0, 0.1) is 5.92 Å². The van der Waals surface area contributed by atoms with Crippen LogP contribution in [0.4, 0.5) is 22.0 Å². The van der Waals surface area contributed by atoms with Gasteiger partial charge in [0.2, 0.25) is 0 Å². The van der Waals surface area contributed by atoms with E-state index in [1.165, 1.54) is 0 Å². The van der Waals surface area contributed by atoms with Crippen molar-refractivity contribution in [2.24, 2.45) is 5.92 Å². The molecule has 0 bridgehead atoms. The quantitative estimate of drug-likeness (QED) is 0.310. The van der Waals surface area contributed by atoms with Crippen molar-refractivity contribution in [1.29, 1.82) is 0 Å². The van der Waals surface area contributed by atoms with E-state index in [0.717, 1.165) is 6.08 Å². The minimum absolute atomic E-state index is 0.0602. The number of esters is 2. The summed E-state index contributed by atoms with van der Waals surface area (Å²) in [7, 11) is -6.48. The summed E-state index contributed by atoms with van der Waals surface area (Å²) in [5.41, 5.74) is 0. The Balaban J connectivity index is 2.81. The van der Waals surface area contributed by atoms with Crippen molar-refractivity contribution in [3.8, 4) is 0 Å². The second-order valence-electron chi connectivity index (χ2n) is 5.51. The fraction of sp³-hybridized carbons (Fsp3) is 0.692. The summed E-state index contributed by atoms with van der Waals surface area (Å²) in [4.78, 5) is 22.8. The van der Waals surface area contributed by atoms with Gasteiger partial charge in [0.1, 0.15) is 6.10 Å². The Kier molecular flexibility index (Phi) is 6.74. The molecule has 0 heterocycles. The first kappa shape index (κ1) is 22.3. The highest BCUT2D eigenvalue weighted by atomic mass is 32.2. The second kappa shape index (κ2) is 7.86. The van der Waals surface area contributed by atoms with Crippen molar-refractivity contribution in [1.82, 2.24) is 0 Å². The molecule has 0 spiro atoms. The van der Waals surface area contributed by atoms with Crippen LogP contribution in [0.1, 0.15) is 25.7 Å². The molecule has 1 aliphatic carbocycles. The van der Waals surface area contributed by atoms with Crippen molar-refractivity contribution in [2.75, 3.05) is 0 Å². The van der Waals surface area contributed by atoms with Crippen LogP contribution in [0.25, 0.3) is 0 Å². The van der Waals surface area contributed by atoms with E-state index in [4.69, 9.17) is 9.29 Å². The van der Waals surface area contributed by atoms with Gasteiger partial charge in [-0.15, -0.1) is 0 Å². The van der Waals surface area contributed by atoms with E-state index in [-0.39, 0.29) is 25.7 Å². The largest absolute Gasteiger partial charge is 0.459 e. The van der Waals surface area contributed by atoms with Gasteiger partial charge in [-0.25, -0.2) is 4.79 Å². The van der Waals surface area contributed by atoms with Gasteiger partial charge in [-0.1, -0.05) is 6.58 Å². The van der Waals surface area contributed by atoms with Crippen LogP contribution in [-0.4, -0.2) is 48.5 Å². The van der Waals surface area contributed by atoms with Crippen LogP contribution < -0.4 is 0 Å². The first-order chi connectivity index (χ1) is 11.7. The fourth-order valence-electron chi connectivity index (χ4n) is 2.30. The second-order valence-corrected chi connectivity index (χ2v) is 7.00. The molecular formula is C13H15F5O7S. The molecule has 1 atom stereocenters. The molecule has 13 heteroatoms. The molecule has 0 radical (unpaired) electrons. The maximum absolute atomic E-state index is 13.4. The highest BCUT2D eigenvalue weighted by molar-refractivity contribution is 7.86. The fourth-order valence-corrected chi connectivity index (χ4v) is 2.75. The van der Waals surface area contributed by atoms with Crippen LogP contribution in [0.5, 0.6) is 0 Å². The number of alkyl halides is 5. The van der Waals surface area contributed by atoms with Crippen molar-refractivity contribution >= 4 is 22.1 Å². The molecule has 1 N–H and O–H groups in total. The normalized spacial score (nSPS) is 23.0. The Morgan fingerprint density at radius 3 is 2.00 bits per heavy atom. The highest BCUT2D eigenvalue weighted by Gasteiger charge is 2.66. The van der Waals surface area contributed by atoms with E-state index in [1.807, 2.05) is 0 Å². The van der Waals surface area contributed by atoms with Crippen molar-refractivity contribution < 1.29 is 54.0 Å². The van der Waals surface area contributed by atoms with Gasteiger partial charge in [-0.3, -0.25) is 9.35 Å². The van der Waals surface area contributed by atoms with E-state index in [2.05, 4.69) is 11.3 Å². The summed E-state index contributed by atoms with van der Waals surface area (Å²) in [6, 6.07) is 0. The Bertz CT molecular complexity index is 650. The Hall–Kier alpha value is -1.76. The van der Waals surface area contributed by atoms with Gasteiger partial charge in [0.05, 0.1) is 5.92 Å². The summed E-state index contributed by atoms with van der Waals surface area (Å²) in [6.45, 7) is 3.17. The SMILES string of the molecule is C=CC(=O)OC1CCC(C(=O)OC(C(F)(F)F)C(F)(F)S(=O)(=O)O)CC1. The predicted octanol–water partition coefficient (Wildman–Crippen LogP) is 2.23. The number of ether oxygens (including phenoxy) is 2. The summed E-state index contributed by atoms with van der Waals surface area (Å²) in [5.74, 6) is -3.65. The third-order valence-corrected chi connectivity index (χ3v) is 4.54. The Labute approximate surface area is 144 Å². The lowest BCUT2D eigenvalue weighted by Crippen LogP contribution is -2.52. The standard InChI is InChI=1S/C13H15F5O7S/c1-2-9(19)24-8-5-3-7(4-6-8)10(20)25-11(12(14,15)16)13(17,18)26(21,22)23/h2,7-8,11H,1,3-6H2,(H,21,22,23). The molecule has 1 unspecified atom stereocenters. The molecule has 0 aromatic carbocycles. The average molecular weight is 410 g/mol. The van der Waals surface area contributed by atoms with E-state index in [1.54, 1.807) is 0 Å². The van der Waals surface area contributed by atoms with E-state index in [0.29, 0.717) is 0 Å². The summed E-state index contributed by atoms with van der Waals surface area (Å²) >= 11 is 0. The molecule has 1 saturated carbocycles. The summed E-state index contributed by atoms with van der Waals surface area (Å²) in [5, 5.41) is -5.77.